The van der Waals surface area contributed by atoms with Crippen molar-refractivity contribution in [3.63, 3.8) is 0 Å². The second-order valence-corrected chi connectivity index (χ2v) is 11.0. The molecule has 0 fully saturated rings. The minimum absolute atomic E-state index is 0.00575. The first-order chi connectivity index (χ1) is 19.7. The lowest BCUT2D eigenvalue weighted by Crippen LogP contribution is -2.41. The molecule has 8 heteroatoms. The number of benzene rings is 3. The van der Waals surface area contributed by atoms with Crippen LogP contribution in [-0.2, 0) is 16.0 Å². The van der Waals surface area contributed by atoms with Crippen LogP contribution in [0.2, 0.25) is 5.02 Å². The summed E-state index contributed by atoms with van der Waals surface area (Å²) in [5, 5.41) is 0.626. The van der Waals surface area contributed by atoms with Crippen LogP contribution in [0.3, 0.4) is 0 Å². The molecule has 0 spiro atoms. The molecule has 2 unspecified atom stereocenters. The standard InChI is InChI=1S/C33H40ClN3O4/c1-6-21(2)41-31-20-29-26(18-30(31)40-5)19-32(39)37(33(29)25-8-12-27(34)13-9-25)28-14-10-24(11-15-28)22(3)36(23(4)38)17-7-16-35/h8-15,18,20-22,33H,6-7,16-17,19,35H2,1-5H3/t21-,22?,33?/m1/s1. The Morgan fingerprint density at radius 1 is 1.10 bits per heavy atom. The van der Waals surface area contributed by atoms with E-state index in [-0.39, 0.29) is 30.4 Å². The number of ether oxygens (including phenoxy) is 2. The zero-order valence-electron chi connectivity index (χ0n) is 24.5. The number of nitrogens with two attached hydrogens (primary N) is 1. The van der Waals surface area contributed by atoms with Crippen molar-refractivity contribution >= 4 is 29.1 Å². The number of hydrogen-bond donors (Lipinski definition) is 1. The fourth-order valence-corrected chi connectivity index (χ4v) is 5.48. The molecule has 2 N–H and O–H groups in total. The van der Waals surface area contributed by atoms with Gasteiger partial charge < -0.3 is 25.0 Å². The maximum atomic E-state index is 13.8. The highest BCUT2D eigenvalue weighted by molar-refractivity contribution is 6.30. The van der Waals surface area contributed by atoms with E-state index in [9.17, 15) is 9.59 Å². The zero-order chi connectivity index (χ0) is 29.7. The van der Waals surface area contributed by atoms with Gasteiger partial charge in [0.05, 0.1) is 31.7 Å². The Hall–Kier alpha value is -3.55. The van der Waals surface area contributed by atoms with E-state index in [2.05, 4.69) is 6.92 Å². The van der Waals surface area contributed by atoms with E-state index in [0.717, 1.165) is 40.8 Å². The highest BCUT2D eigenvalue weighted by Gasteiger charge is 2.36. The Labute approximate surface area is 248 Å². The molecule has 0 aliphatic carbocycles. The molecule has 4 rings (SSSR count). The molecular weight excluding hydrogens is 538 g/mol. The van der Waals surface area contributed by atoms with Gasteiger partial charge in [0.15, 0.2) is 11.5 Å². The number of nitrogens with zero attached hydrogens (tertiary/aromatic N) is 2. The van der Waals surface area contributed by atoms with E-state index < -0.39 is 6.04 Å². The first kappa shape index (κ1) is 30.4. The largest absolute Gasteiger partial charge is 0.493 e. The van der Waals surface area contributed by atoms with Gasteiger partial charge in [-0.25, -0.2) is 0 Å². The second-order valence-electron chi connectivity index (χ2n) is 10.6. The topological polar surface area (TPSA) is 85.1 Å². The van der Waals surface area contributed by atoms with Gasteiger partial charge in [-0.1, -0.05) is 42.8 Å². The fourth-order valence-electron chi connectivity index (χ4n) is 5.35. The second kappa shape index (κ2) is 13.4. The summed E-state index contributed by atoms with van der Waals surface area (Å²) < 4.78 is 11.9. The fraction of sp³-hybridized carbons (Fsp3) is 0.394. The Morgan fingerprint density at radius 3 is 2.37 bits per heavy atom. The van der Waals surface area contributed by atoms with Gasteiger partial charge in [-0.3, -0.25) is 9.59 Å². The van der Waals surface area contributed by atoms with E-state index in [1.54, 1.807) is 14.0 Å². The third kappa shape index (κ3) is 6.68. The molecule has 7 nitrogen and oxygen atoms in total. The Morgan fingerprint density at radius 2 is 1.78 bits per heavy atom. The smallest absolute Gasteiger partial charge is 0.232 e. The Balaban J connectivity index is 1.78. The molecule has 218 valence electrons. The molecule has 3 atom stereocenters. The summed E-state index contributed by atoms with van der Waals surface area (Å²) in [6.07, 6.45) is 1.82. The van der Waals surface area contributed by atoms with Gasteiger partial charge in [0.1, 0.15) is 0 Å². The van der Waals surface area contributed by atoms with Crippen molar-refractivity contribution in [3.05, 3.63) is 87.9 Å². The monoisotopic (exact) mass is 577 g/mol. The molecule has 0 bridgehead atoms. The molecule has 3 aromatic carbocycles. The predicted molar refractivity (Wildman–Crippen MR) is 164 cm³/mol. The maximum Gasteiger partial charge on any atom is 0.232 e. The number of anilines is 1. The predicted octanol–water partition coefficient (Wildman–Crippen LogP) is 6.46. The van der Waals surface area contributed by atoms with Crippen molar-refractivity contribution in [1.82, 2.24) is 4.90 Å². The molecule has 0 saturated heterocycles. The lowest BCUT2D eigenvalue weighted by Gasteiger charge is -2.38. The van der Waals surface area contributed by atoms with Crippen molar-refractivity contribution in [2.45, 2.75) is 65.1 Å². The number of amides is 2. The van der Waals surface area contributed by atoms with Crippen LogP contribution in [-0.4, -0.2) is 43.0 Å². The van der Waals surface area contributed by atoms with Crippen LogP contribution in [0.4, 0.5) is 5.69 Å². The van der Waals surface area contributed by atoms with Crippen molar-refractivity contribution in [2.75, 3.05) is 25.1 Å². The van der Waals surface area contributed by atoms with Crippen LogP contribution in [0.15, 0.2) is 60.7 Å². The molecule has 41 heavy (non-hydrogen) atoms. The van der Waals surface area contributed by atoms with E-state index in [0.29, 0.717) is 29.6 Å². The molecular formula is C33H40ClN3O4. The first-order valence-electron chi connectivity index (χ1n) is 14.2. The van der Waals surface area contributed by atoms with E-state index in [1.807, 2.05) is 84.3 Å². The quantitative estimate of drug-likeness (QED) is 0.282. The summed E-state index contributed by atoms with van der Waals surface area (Å²) in [4.78, 5) is 29.8. The van der Waals surface area contributed by atoms with Crippen LogP contribution in [0.25, 0.3) is 0 Å². The molecule has 1 aliphatic rings. The van der Waals surface area contributed by atoms with Crippen LogP contribution in [0, 0.1) is 0 Å². The van der Waals surface area contributed by atoms with E-state index >= 15 is 0 Å². The number of methoxy groups -OCH3 is 1. The molecule has 0 saturated carbocycles. The minimum Gasteiger partial charge on any atom is -0.493 e. The van der Waals surface area contributed by atoms with E-state index in [4.69, 9.17) is 26.8 Å². The van der Waals surface area contributed by atoms with Gasteiger partial charge in [-0.15, -0.1) is 0 Å². The number of halogens is 1. The van der Waals surface area contributed by atoms with Crippen LogP contribution >= 0.6 is 11.6 Å². The van der Waals surface area contributed by atoms with E-state index in [1.165, 1.54) is 0 Å². The number of rotatable bonds is 11. The van der Waals surface area contributed by atoms with Crippen LogP contribution in [0.5, 0.6) is 11.5 Å². The molecule has 2 amide bonds. The minimum atomic E-state index is -0.393. The molecule has 0 aromatic heterocycles. The lowest BCUT2D eigenvalue weighted by atomic mass is 9.86. The number of carbonyl (C=O) groups is 2. The third-order valence-corrected chi connectivity index (χ3v) is 8.06. The summed E-state index contributed by atoms with van der Waals surface area (Å²) in [5.74, 6) is 1.25. The number of carbonyl (C=O) groups excluding carboxylic acids is 2. The zero-order valence-corrected chi connectivity index (χ0v) is 25.3. The van der Waals surface area contributed by atoms with Crippen molar-refractivity contribution in [1.29, 1.82) is 0 Å². The van der Waals surface area contributed by atoms with Gasteiger partial charge in [0, 0.05) is 24.2 Å². The van der Waals surface area contributed by atoms with Crippen LogP contribution < -0.4 is 20.1 Å². The van der Waals surface area contributed by atoms with Gasteiger partial charge in [0.2, 0.25) is 11.8 Å². The lowest BCUT2D eigenvalue weighted by molar-refractivity contribution is -0.131. The summed E-state index contributed by atoms with van der Waals surface area (Å²) in [7, 11) is 1.62. The Bertz CT molecular complexity index is 1360. The summed E-state index contributed by atoms with van der Waals surface area (Å²) in [6.45, 7) is 8.81. The summed E-state index contributed by atoms with van der Waals surface area (Å²) >= 11 is 6.25. The average Bonchev–Trinajstić information content (AvgIpc) is 2.96. The summed E-state index contributed by atoms with van der Waals surface area (Å²) in [5.41, 5.74) is 10.3. The van der Waals surface area contributed by atoms with Gasteiger partial charge in [-0.05, 0) is 91.9 Å². The van der Waals surface area contributed by atoms with Gasteiger partial charge in [-0.2, -0.15) is 0 Å². The molecule has 3 aromatic rings. The SMILES string of the molecule is CC[C@@H](C)Oc1cc2c(cc1OC)CC(=O)N(c1ccc(C(C)N(CCCN)C(C)=O)cc1)C2c1ccc(Cl)cc1. The Kier molecular flexibility index (Phi) is 9.94. The van der Waals surface area contributed by atoms with Gasteiger partial charge in [0.25, 0.3) is 0 Å². The number of fused-ring (bicyclic) bond motifs is 1. The average molecular weight is 578 g/mol. The normalized spacial score (nSPS) is 16.1. The van der Waals surface area contributed by atoms with Crippen LogP contribution in [0.1, 0.15) is 74.9 Å². The molecule has 1 heterocycles. The maximum absolute atomic E-state index is 13.8. The van der Waals surface area contributed by atoms with Crippen molar-refractivity contribution in [3.8, 4) is 11.5 Å². The van der Waals surface area contributed by atoms with Crippen molar-refractivity contribution in [2.24, 2.45) is 5.73 Å². The highest BCUT2D eigenvalue weighted by atomic mass is 35.5. The molecule has 0 radical (unpaired) electrons. The summed E-state index contributed by atoms with van der Waals surface area (Å²) in [6, 6.07) is 18.9. The third-order valence-electron chi connectivity index (χ3n) is 7.81. The number of hydrogen-bond acceptors (Lipinski definition) is 5. The molecule has 1 aliphatic heterocycles. The van der Waals surface area contributed by atoms with Crippen molar-refractivity contribution < 1.29 is 19.1 Å². The first-order valence-corrected chi connectivity index (χ1v) is 14.6. The highest BCUT2D eigenvalue weighted by Crippen LogP contribution is 2.44. The van der Waals surface area contributed by atoms with Gasteiger partial charge >= 0.3 is 0 Å².